The van der Waals surface area contributed by atoms with Crippen molar-refractivity contribution in [1.29, 1.82) is 0 Å². The lowest BCUT2D eigenvalue weighted by molar-refractivity contribution is -0.141. The summed E-state index contributed by atoms with van der Waals surface area (Å²) in [4.78, 5) is 41.3. The Bertz CT molecular complexity index is 1290. The molecule has 0 aromatic heterocycles. The molecule has 4 rings (SSSR count). The van der Waals surface area contributed by atoms with Crippen LogP contribution in [-0.2, 0) is 26.2 Å². The molecule has 1 aliphatic heterocycles. The average molecular weight is 542 g/mol. The monoisotopic (exact) mass is 541 g/mol. The Kier molecular flexibility index (Phi) is 8.71. The smallest absolute Gasteiger partial charge is 0.269 e. The molecule has 1 atom stereocenters. The van der Waals surface area contributed by atoms with Crippen molar-refractivity contribution in [3.63, 3.8) is 0 Å². The number of methoxy groups -OCH3 is 1. The van der Waals surface area contributed by atoms with Crippen LogP contribution in [0.2, 0.25) is 0 Å². The van der Waals surface area contributed by atoms with Gasteiger partial charge in [-0.1, -0.05) is 50.5 Å². The van der Waals surface area contributed by atoms with Gasteiger partial charge in [-0.2, -0.15) is 0 Å². The molecule has 3 amide bonds. The van der Waals surface area contributed by atoms with E-state index < -0.39 is 27.9 Å². The van der Waals surface area contributed by atoms with Gasteiger partial charge in [-0.15, -0.1) is 0 Å². The van der Waals surface area contributed by atoms with E-state index >= 15 is 0 Å². The fourth-order valence-electron chi connectivity index (χ4n) is 5.22. The van der Waals surface area contributed by atoms with Gasteiger partial charge >= 0.3 is 0 Å². The fourth-order valence-corrected chi connectivity index (χ4v) is 6.79. The van der Waals surface area contributed by atoms with Crippen LogP contribution in [0.3, 0.4) is 0 Å². The maximum Gasteiger partial charge on any atom is 0.269 e. The first-order valence-corrected chi connectivity index (χ1v) is 14.6. The van der Waals surface area contributed by atoms with E-state index in [1.165, 1.54) is 17.0 Å². The van der Waals surface area contributed by atoms with Gasteiger partial charge in [-0.3, -0.25) is 14.4 Å². The SMILES string of the molecule is CC[C@@H](C(=O)NC1CCCCC1)N(Cc1cccc(OC)c1)C(=O)CCN1C(=O)c2ccccc2S1(=O)=O. The summed E-state index contributed by atoms with van der Waals surface area (Å²) in [7, 11) is -2.47. The number of benzene rings is 2. The predicted molar refractivity (Wildman–Crippen MR) is 142 cm³/mol. The van der Waals surface area contributed by atoms with E-state index in [-0.39, 0.29) is 41.9 Å². The minimum Gasteiger partial charge on any atom is -0.497 e. The summed E-state index contributed by atoms with van der Waals surface area (Å²) in [5.74, 6) is -0.638. The van der Waals surface area contributed by atoms with Crippen molar-refractivity contribution >= 4 is 27.7 Å². The second-order valence-electron chi connectivity index (χ2n) is 9.77. The zero-order valence-corrected chi connectivity index (χ0v) is 22.7. The largest absolute Gasteiger partial charge is 0.497 e. The first kappa shape index (κ1) is 27.6. The van der Waals surface area contributed by atoms with E-state index in [0.717, 1.165) is 42.0 Å². The first-order chi connectivity index (χ1) is 18.3. The number of carbonyl (C=O) groups is 3. The van der Waals surface area contributed by atoms with E-state index in [4.69, 9.17) is 4.74 Å². The predicted octanol–water partition coefficient (Wildman–Crippen LogP) is 3.49. The lowest BCUT2D eigenvalue weighted by Crippen LogP contribution is -2.52. The molecule has 0 saturated heterocycles. The van der Waals surface area contributed by atoms with Gasteiger partial charge in [0.15, 0.2) is 0 Å². The minimum absolute atomic E-state index is 0.0519. The summed E-state index contributed by atoms with van der Waals surface area (Å²) >= 11 is 0. The molecule has 204 valence electrons. The first-order valence-electron chi connectivity index (χ1n) is 13.1. The van der Waals surface area contributed by atoms with Gasteiger partial charge in [0.1, 0.15) is 16.7 Å². The van der Waals surface area contributed by atoms with Crippen molar-refractivity contribution in [2.24, 2.45) is 0 Å². The number of nitrogens with zero attached hydrogens (tertiary/aromatic N) is 2. The van der Waals surface area contributed by atoms with Crippen molar-refractivity contribution in [1.82, 2.24) is 14.5 Å². The molecule has 9 nitrogen and oxygen atoms in total. The summed E-state index contributed by atoms with van der Waals surface area (Å²) < 4.78 is 32.0. The highest BCUT2D eigenvalue weighted by Crippen LogP contribution is 2.30. The maximum atomic E-state index is 13.6. The van der Waals surface area contributed by atoms with Gasteiger partial charge in [0.2, 0.25) is 11.8 Å². The number of sulfonamides is 1. The number of amides is 3. The van der Waals surface area contributed by atoms with Crippen molar-refractivity contribution in [2.45, 2.75) is 75.4 Å². The standard InChI is InChI=1S/C28H35N3O6S/c1-3-24(27(33)29-21-11-5-4-6-12-21)30(19-20-10-9-13-22(18-20)37-2)26(32)16-17-31-28(34)23-14-7-8-15-25(23)38(31,35)36/h7-10,13-15,18,21,24H,3-6,11-12,16-17,19H2,1-2H3,(H,29,33)/t24-/m0/s1. The topological polar surface area (TPSA) is 113 Å². The number of nitrogens with one attached hydrogen (secondary N) is 1. The van der Waals surface area contributed by atoms with Gasteiger partial charge in [0, 0.05) is 25.6 Å². The molecule has 1 fully saturated rings. The molecule has 10 heteroatoms. The van der Waals surface area contributed by atoms with Gasteiger partial charge < -0.3 is 15.0 Å². The summed E-state index contributed by atoms with van der Waals surface area (Å²) in [6, 6.07) is 12.6. The third-order valence-corrected chi connectivity index (χ3v) is 9.11. The molecular weight excluding hydrogens is 506 g/mol. The van der Waals surface area contributed by atoms with Crippen LogP contribution < -0.4 is 10.1 Å². The van der Waals surface area contributed by atoms with Crippen LogP contribution in [0.1, 0.15) is 67.8 Å². The normalized spacial score (nSPS) is 17.5. The van der Waals surface area contributed by atoms with Gasteiger partial charge in [0.05, 0.1) is 12.7 Å². The Morgan fingerprint density at radius 2 is 1.84 bits per heavy atom. The Morgan fingerprint density at radius 1 is 1.11 bits per heavy atom. The van der Waals surface area contributed by atoms with Gasteiger partial charge in [0.25, 0.3) is 15.9 Å². The Labute approximate surface area is 224 Å². The number of fused-ring (bicyclic) bond motifs is 1. The highest BCUT2D eigenvalue weighted by molar-refractivity contribution is 7.90. The van der Waals surface area contributed by atoms with Crippen molar-refractivity contribution < 1.29 is 27.5 Å². The number of carbonyl (C=O) groups excluding carboxylic acids is 3. The lowest BCUT2D eigenvalue weighted by atomic mass is 9.95. The Morgan fingerprint density at radius 3 is 2.53 bits per heavy atom. The van der Waals surface area contributed by atoms with Crippen molar-refractivity contribution in [3.05, 3.63) is 59.7 Å². The quantitative estimate of drug-likeness (QED) is 0.493. The molecule has 0 unspecified atom stereocenters. The summed E-state index contributed by atoms with van der Waals surface area (Å²) in [5.41, 5.74) is 0.880. The molecule has 0 bridgehead atoms. The molecule has 2 aliphatic rings. The van der Waals surface area contributed by atoms with E-state index in [1.54, 1.807) is 31.4 Å². The summed E-state index contributed by atoms with van der Waals surface area (Å²) in [6.07, 6.45) is 5.27. The van der Waals surface area contributed by atoms with Crippen molar-refractivity contribution in [3.8, 4) is 5.75 Å². The molecule has 0 radical (unpaired) electrons. The van der Waals surface area contributed by atoms with Crippen LogP contribution in [0.4, 0.5) is 0 Å². The summed E-state index contributed by atoms with van der Waals surface area (Å²) in [5, 5.41) is 3.12. The number of hydrogen-bond donors (Lipinski definition) is 1. The molecule has 38 heavy (non-hydrogen) atoms. The minimum atomic E-state index is -4.03. The average Bonchev–Trinajstić information content (AvgIpc) is 3.12. The van der Waals surface area contributed by atoms with Crippen LogP contribution >= 0.6 is 0 Å². The highest BCUT2D eigenvalue weighted by Gasteiger charge is 2.41. The van der Waals surface area contributed by atoms with Gasteiger partial charge in [-0.05, 0) is 49.1 Å². The van der Waals surface area contributed by atoms with Crippen molar-refractivity contribution in [2.75, 3.05) is 13.7 Å². The summed E-state index contributed by atoms with van der Waals surface area (Å²) in [6.45, 7) is 1.69. The highest BCUT2D eigenvalue weighted by atomic mass is 32.2. The van der Waals surface area contributed by atoms with Crippen LogP contribution in [0.15, 0.2) is 53.4 Å². The van der Waals surface area contributed by atoms with E-state index in [0.29, 0.717) is 12.2 Å². The number of hydrogen-bond acceptors (Lipinski definition) is 6. The van der Waals surface area contributed by atoms with Gasteiger partial charge in [-0.25, -0.2) is 12.7 Å². The Balaban J connectivity index is 1.54. The molecule has 1 N–H and O–H groups in total. The van der Waals surface area contributed by atoms with E-state index in [2.05, 4.69) is 5.32 Å². The third kappa shape index (κ3) is 5.85. The van der Waals surface area contributed by atoms with E-state index in [1.807, 2.05) is 19.1 Å². The number of rotatable bonds is 10. The van der Waals surface area contributed by atoms with Crippen LogP contribution in [0.25, 0.3) is 0 Å². The fraction of sp³-hybridized carbons (Fsp3) is 0.464. The lowest BCUT2D eigenvalue weighted by Gasteiger charge is -2.33. The molecule has 0 spiro atoms. The van der Waals surface area contributed by atoms with Crippen LogP contribution in [-0.4, -0.2) is 61.1 Å². The molecular formula is C28H35N3O6S. The maximum absolute atomic E-state index is 13.6. The van der Waals surface area contributed by atoms with E-state index in [9.17, 15) is 22.8 Å². The second-order valence-corrected chi connectivity index (χ2v) is 11.6. The molecule has 2 aromatic carbocycles. The number of ether oxygens (including phenoxy) is 1. The zero-order chi connectivity index (χ0) is 27.3. The van der Waals surface area contributed by atoms with Crippen LogP contribution in [0.5, 0.6) is 5.75 Å². The molecule has 1 aliphatic carbocycles. The second kappa shape index (κ2) is 12.0. The van der Waals surface area contributed by atoms with Crippen LogP contribution in [0, 0.1) is 0 Å². The molecule has 1 saturated carbocycles. The molecule has 2 aromatic rings. The zero-order valence-electron chi connectivity index (χ0n) is 21.9. The Hall–Kier alpha value is -3.40. The third-order valence-electron chi connectivity index (χ3n) is 7.27. The molecule has 1 heterocycles.